The number of rotatable bonds is 1. The van der Waals surface area contributed by atoms with Crippen molar-refractivity contribution in [2.75, 3.05) is 0 Å². The molecule has 1 atom stereocenters. The summed E-state index contributed by atoms with van der Waals surface area (Å²) in [5.41, 5.74) is 4.70. The maximum absolute atomic E-state index is 10.7. The molecule has 10 heavy (non-hydrogen) atoms. The van der Waals surface area contributed by atoms with Crippen molar-refractivity contribution in [3.8, 4) is 0 Å². The average molecular weight is 142 g/mol. The van der Waals surface area contributed by atoms with Gasteiger partial charge in [0.15, 0.2) is 11.8 Å². The van der Waals surface area contributed by atoms with Gasteiger partial charge in [0.25, 0.3) is 0 Å². The van der Waals surface area contributed by atoms with Crippen LogP contribution >= 0.6 is 0 Å². The molecule has 0 aromatic heterocycles. The van der Waals surface area contributed by atoms with E-state index in [0.717, 1.165) is 0 Å². The van der Waals surface area contributed by atoms with Crippen molar-refractivity contribution < 1.29 is 14.7 Å². The number of hydrazine groups is 1. The van der Waals surface area contributed by atoms with Crippen LogP contribution in [0.5, 0.6) is 0 Å². The molecule has 0 saturated carbocycles. The summed E-state index contributed by atoms with van der Waals surface area (Å²) in [6.45, 7) is 0. The molecule has 54 valence electrons. The van der Waals surface area contributed by atoms with E-state index in [-0.39, 0.29) is 0 Å². The average Bonchev–Trinajstić information content (AvgIpc) is 1.88. The van der Waals surface area contributed by atoms with Crippen LogP contribution in [0.3, 0.4) is 0 Å². The van der Waals surface area contributed by atoms with Gasteiger partial charge in [-0.3, -0.25) is 4.79 Å². The topological polar surface area (TPSA) is 78.4 Å². The van der Waals surface area contributed by atoms with Crippen LogP contribution in [0.2, 0.25) is 0 Å². The van der Waals surface area contributed by atoms with Crippen molar-refractivity contribution in [2.24, 2.45) is 0 Å². The summed E-state index contributed by atoms with van der Waals surface area (Å²) in [6.07, 6.45) is 2.52. The molecule has 0 aromatic carbocycles. The van der Waals surface area contributed by atoms with Crippen molar-refractivity contribution in [2.45, 2.75) is 6.04 Å². The first-order valence-corrected chi connectivity index (χ1v) is 2.66. The van der Waals surface area contributed by atoms with Crippen LogP contribution in [-0.2, 0) is 9.59 Å². The van der Waals surface area contributed by atoms with Crippen molar-refractivity contribution in [3.63, 3.8) is 0 Å². The smallest absolute Gasteiger partial charge is 0.330 e. The second kappa shape index (κ2) is 2.49. The normalized spacial score (nSPS) is 24.0. The van der Waals surface area contributed by atoms with Crippen molar-refractivity contribution >= 4 is 11.8 Å². The minimum absolute atomic E-state index is 0.453. The first-order valence-electron chi connectivity index (χ1n) is 2.66. The Labute approximate surface area is 56.7 Å². The Morgan fingerprint density at radius 2 is 2.40 bits per heavy atom. The zero-order valence-electron chi connectivity index (χ0n) is 5.00. The Hall–Kier alpha value is -1.36. The zero-order chi connectivity index (χ0) is 7.56. The Kier molecular flexibility index (Phi) is 1.68. The summed E-state index contributed by atoms with van der Waals surface area (Å²) in [7, 11) is 0. The monoisotopic (exact) mass is 142 g/mol. The molecule has 1 rings (SSSR count). The van der Waals surface area contributed by atoms with Crippen LogP contribution in [0.15, 0.2) is 12.3 Å². The number of carbonyl (C=O) groups is 2. The van der Waals surface area contributed by atoms with Gasteiger partial charge < -0.3 is 10.5 Å². The summed E-state index contributed by atoms with van der Waals surface area (Å²) in [5, 5.41) is 8.35. The Bertz CT molecular complexity index is 199. The van der Waals surface area contributed by atoms with E-state index in [2.05, 4.69) is 10.9 Å². The van der Waals surface area contributed by atoms with E-state index in [1.165, 1.54) is 12.3 Å². The molecular weight excluding hydrogens is 136 g/mol. The molecule has 0 bridgehead atoms. The molecule has 1 unspecified atom stereocenters. The fourth-order valence-electron chi connectivity index (χ4n) is 0.606. The highest BCUT2D eigenvalue weighted by atomic mass is 16.4. The van der Waals surface area contributed by atoms with Gasteiger partial charge in [0.1, 0.15) is 0 Å². The molecule has 1 aliphatic heterocycles. The maximum Gasteiger partial charge on any atom is 0.330 e. The predicted molar refractivity (Wildman–Crippen MR) is 31.8 cm³/mol. The summed E-state index contributed by atoms with van der Waals surface area (Å²) in [5.74, 6) is -1.63. The molecule has 0 aliphatic carbocycles. The first kappa shape index (κ1) is 6.76. The highest BCUT2D eigenvalue weighted by Gasteiger charge is 2.24. The van der Waals surface area contributed by atoms with Crippen LogP contribution in [-0.4, -0.2) is 22.9 Å². The second-order valence-corrected chi connectivity index (χ2v) is 1.80. The lowest BCUT2D eigenvalue weighted by atomic mass is 10.2. The maximum atomic E-state index is 10.7. The lowest BCUT2D eigenvalue weighted by Gasteiger charge is -2.14. The summed E-state index contributed by atoms with van der Waals surface area (Å²) < 4.78 is 0. The minimum Gasteiger partial charge on any atom is -0.480 e. The van der Waals surface area contributed by atoms with Gasteiger partial charge in [0.2, 0.25) is 0 Å². The number of hydrogen-bond acceptors (Lipinski definition) is 4. The number of carboxylic acids is 1. The van der Waals surface area contributed by atoms with Crippen LogP contribution in [0.4, 0.5) is 0 Å². The SMILES string of the molecule is O=C(O)C1NNC=CC1=O. The molecule has 0 aromatic rings. The standard InChI is InChI=1S/C5H6N2O3/c8-3-1-2-6-7-4(3)5(9)10/h1-2,4,6-7H,(H,9,10). The van der Waals surface area contributed by atoms with Gasteiger partial charge in [0, 0.05) is 12.3 Å². The molecular formula is C5H6N2O3. The van der Waals surface area contributed by atoms with Gasteiger partial charge in [-0.2, -0.15) is 0 Å². The van der Waals surface area contributed by atoms with Gasteiger partial charge >= 0.3 is 5.97 Å². The molecule has 1 aliphatic rings. The van der Waals surface area contributed by atoms with Crippen molar-refractivity contribution in [3.05, 3.63) is 12.3 Å². The van der Waals surface area contributed by atoms with Crippen LogP contribution in [0.25, 0.3) is 0 Å². The molecule has 5 nitrogen and oxygen atoms in total. The van der Waals surface area contributed by atoms with E-state index in [4.69, 9.17) is 5.11 Å². The van der Waals surface area contributed by atoms with Gasteiger partial charge in [-0.1, -0.05) is 0 Å². The van der Waals surface area contributed by atoms with Crippen LogP contribution in [0, 0.1) is 0 Å². The number of aliphatic carboxylic acids is 1. The molecule has 5 heteroatoms. The first-order chi connectivity index (χ1) is 4.72. The van der Waals surface area contributed by atoms with Crippen LogP contribution in [0.1, 0.15) is 0 Å². The van der Waals surface area contributed by atoms with E-state index in [1.807, 2.05) is 0 Å². The number of nitrogens with one attached hydrogen (secondary N) is 2. The van der Waals surface area contributed by atoms with Crippen molar-refractivity contribution in [1.29, 1.82) is 0 Å². The summed E-state index contributed by atoms with van der Waals surface area (Å²) in [4.78, 5) is 20.9. The molecule has 1 heterocycles. The van der Waals surface area contributed by atoms with E-state index >= 15 is 0 Å². The fourth-order valence-corrected chi connectivity index (χ4v) is 0.606. The quantitative estimate of drug-likeness (QED) is 0.394. The lowest BCUT2D eigenvalue weighted by Crippen LogP contribution is -2.50. The predicted octanol–water partition coefficient (Wildman–Crippen LogP) is -1.37. The second-order valence-electron chi connectivity index (χ2n) is 1.80. The van der Waals surface area contributed by atoms with E-state index in [9.17, 15) is 9.59 Å². The Balaban J connectivity index is 2.70. The van der Waals surface area contributed by atoms with Crippen LogP contribution < -0.4 is 10.9 Å². The zero-order valence-corrected chi connectivity index (χ0v) is 5.00. The number of carbonyl (C=O) groups excluding carboxylic acids is 1. The Morgan fingerprint density at radius 3 is 2.80 bits per heavy atom. The van der Waals surface area contributed by atoms with Gasteiger partial charge in [-0.15, -0.1) is 0 Å². The third kappa shape index (κ3) is 1.14. The molecule has 0 saturated heterocycles. The lowest BCUT2D eigenvalue weighted by molar-refractivity contribution is -0.142. The number of hydrogen-bond donors (Lipinski definition) is 3. The summed E-state index contributed by atoms with van der Waals surface area (Å²) >= 11 is 0. The molecule has 3 N–H and O–H groups in total. The van der Waals surface area contributed by atoms with E-state index in [0.29, 0.717) is 0 Å². The van der Waals surface area contributed by atoms with Gasteiger partial charge in [-0.05, 0) is 0 Å². The highest BCUT2D eigenvalue weighted by Crippen LogP contribution is 1.91. The van der Waals surface area contributed by atoms with Gasteiger partial charge in [-0.25, -0.2) is 10.2 Å². The Morgan fingerprint density at radius 1 is 1.70 bits per heavy atom. The molecule has 0 amide bonds. The third-order valence-electron chi connectivity index (χ3n) is 1.09. The van der Waals surface area contributed by atoms with Crippen molar-refractivity contribution in [1.82, 2.24) is 10.9 Å². The minimum atomic E-state index is -1.18. The highest BCUT2D eigenvalue weighted by molar-refractivity contribution is 6.08. The van der Waals surface area contributed by atoms with Gasteiger partial charge in [0.05, 0.1) is 0 Å². The van der Waals surface area contributed by atoms with E-state index < -0.39 is 17.8 Å². The molecule has 0 radical (unpaired) electrons. The number of carboxylic acid groups (broad SMARTS) is 1. The molecule has 0 fully saturated rings. The summed E-state index contributed by atoms with van der Waals surface area (Å²) in [6, 6.07) is -1.15. The fraction of sp³-hybridized carbons (Fsp3) is 0.200. The third-order valence-corrected chi connectivity index (χ3v) is 1.09. The molecule has 0 spiro atoms. The van der Waals surface area contributed by atoms with E-state index in [1.54, 1.807) is 0 Å². The number of ketones is 1. The largest absolute Gasteiger partial charge is 0.480 e.